The highest BCUT2D eigenvalue weighted by Gasteiger charge is 2.43. The lowest BCUT2D eigenvalue weighted by molar-refractivity contribution is 0.0870. The fourth-order valence-corrected chi connectivity index (χ4v) is 1.86. The molecule has 15 heavy (non-hydrogen) atoms. The minimum Gasteiger partial charge on any atom is -0.378 e. The third-order valence-corrected chi connectivity index (χ3v) is 2.75. The number of carbonyl (C=O) groups is 1. The minimum absolute atomic E-state index is 0.103. The Morgan fingerprint density at radius 2 is 2.33 bits per heavy atom. The number of rotatable bonds is 4. The number of carbonyl (C=O) groups excluding carboxylic acids is 1. The average Bonchev–Trinajstić information content (AvgIpc) is 2.97. The maximum Gasteiger partial charge on any atom is 0.168 e. The molecule has 2 rings (SSSR count). The molecular weight excluding hydrogens is 188 g/mol. The smallest absolute Gasteiger partial charge is 0.168 e. The molecular formula is C13H16O2. The van der Waals surface area contributed by atoms with Crippen LogP contribution < -0.4 is 0 Å². The number of hydrogen-bond donors (Lipinski definition) is 0. The summed E-state index contributed by atoms with van der Waals surface area (Å²) in [5.74, 6) is 0.337. The van der Waals surface area contributed by atoms with Crippen LogP contribution in [0.3, 0.4) is 0 Å². The van der Waals surface area contributed by atoms with E-state index in [9.17, 15) is 4.79 Å². The molecule has 1 saturated carbocycles. The van der Waals surface area contributed by atoms with E-state index in [2.05, 4.69) is 0 Å². The molecule has 2 atom stereocenters. The summed E-state index contributed by atoms with van der Waals surface area (Å²) in [6.45, 7) is 4.67. The predicted molar refractivity (Wildman–Crippen MR) is 59.0 cm³/mol. The van der Waals surface area contributed by atoms with Gasteiger partial charge < -0.3 is 4.74 Å². The topological polar surface area (TPSA) is 26.3 Å². The van der Waals surface area contributed by atoms with Gasteiger partial charge in [0.1, 0.15) is 0 Å². The Morgan fingerprint density at radius 3 is 3.00 bits per heavy atom. The molecule has 1 aliphatic carbocycles. The van der Waals surface area contributed by atoms with Crippen LogP contribution in [0.15, 0.2) is 24.3 Å². The quantitative estimate of drug-likeness (QED) is 0.705. The van der Waals surface area contributed by atoms with Crippen molar-refractivity contribution < 1.29 is 9.53 Å². The van der Waals surface area contributed by atoms with Crippen molar-refractivity contribution in [3.05, 3.63) is 35.4 Å². The van der Waals surface area contributed by atoms with E-state index >= 15 is 0 Å². The molecule has 0 aromatic heterocycles. The van der Waals surface area contributed by atoms with Crippen molar-refractivity contribution >= 4 is 5.78 Å². The second-order valence-corrected chi connectivity index (χ2v) is 4.07. The molecule has 1 aliphatic rings. The van der Waals surface area contributed by atoms with Gasteiger partial charge in [0.15, 0.2) is 5.78 Å². The summed E-state index contributed by atoms with van der Waals surface area (Å²) in [6.07, 6.45) is 1.06. The third-order valence-electron chi connectivity index (χ3n) is 2.75. The third kappa shape index (κ3) is 2.26. The van der Waals surface area contributed by atoms with Crippen molar-refractivity contribution in [2.24, 2.45) is 5.92 Å². The zero-order chi connectivity index (χ0) is 10.8. The van der Waals surface area contributed by atoms with Crippen molar-refractivity contribution in [1.82, 2.24) is 0 Å². The van der Waals surface area contributed by atoms with Crippen LogP contribution in [-0.2, 0) is 4.74 Å². The van der Waals surface area contributed by atoms with Gasteiger partial charge in [-0.25, -0.2) is 0 Å². The fourth-order valence-electron chi connectivity index (χ4n) is 1.86. The van der Waals surface area contributed by atoms with E-state index < -0.39 is 0 Å². The minimum atomic E-state index is 0.103. The van der Waals surface area contributed by atoms with Crippen LogP contribution in [0.25, 0.3) is 0 Å². The van der Waals surface area contributed by atoms with E-state index in [1.54, 1.807) is 0 Å². The molecule has 0 aliphatic heterocycles. The summed E-state index contributed by atoms with van der Waals surface area (Å²) in [6, 6.07) is 7.77. The standard InChI is InChI=1S/C13H16O2/c1-3-15-12-8-11(12)13(14)10-6-4-5-9(2)7-10/h4-7,11-12H,3,8H2,1-2H3. The van der Waals surface area contributed by atoms with E-state index in [0.29, 0.717) is 6.61 Å². The number of benzene rings is 1. The number of Topliss-reactive ketones (excluding diaryl/α,β-unsaturated/α-hetero) is 1. The summed E-state index contributed by atoms with van der Waals surface area (Å²) in [5, 5.41) is 0. The Labute approximate surface area is 90.3 Å². The number of ketones is 1. The van der Waals surface area contributed by atoms with Crippen LogP contribution >= 0.6 is 0 Å². The maximum absolute atomic E-state index is 12.0. The summed E-state index contributed by atoms with van der Waals surface area (Å²) in [7, 11) is 0. The second-order valence-electron chi connectivity index (χ2n) is 4.07. The van der Waals surface area contributed by atoms with Crippen molar-refractivity contribution in [1.29, 1.82) is 0 Å². The van der Waals surface area contributed by atoms with Crippen LogP contribution in [0, 0.1) is 12.8 Å². The predicted octanol–water partition coefficient (Wildman–Crippen LogP) is 2.60. The Balaban J connectivity index is 2.04. The van der Waals surface area contributed by atoms with Crippen LogP contribution in [-0.4, -0.2) is 18.5 Å². The first-order valence-electron chi connectivity index (χ1n) is 5.45. The highest BCUT2D eigenvalue weighted by Crippen LogP contribution is 2.36. The van der Waals surface area contributed by atoms with Crippen LogP contribution in [0.1, 0.15) is 29.3 Å². The SMILES string of the molecule is CCOC1CC1C(=O)c1cccc(C)c1. The van der Waals surface area contributed by atoms with Gasteiger partial charge in [0, 0.05) is 12.2 Å². The van der Waals surface area contributed by atoms with E-state index in [4.69, 9.17) is 4.74 Å². The van der Waals surface area contributed by atoms with Crippen LogP contribution in [0.5, 0.6) is 0 Å². The molecule has 1 aromatic carbocycles. The van der Waals surface area contributed by atoms with Gasteiger partial charge >= 0.3 is 0 Å². The Bertz CT molecular complexity index is 371. The highest BCUT2D eigenvalue weighted by molar-refractivity contribution is 6.00. The van der Waals surface area contributed by atoms with E-state index in [-0.39, 0.29) is 17.8 Å². The van der Waals surface area contributed by atoms with Crippen molar-refractivity contribution in [3.63, 3.8) is 0 Å². The molecule has 1 aromatic rings. The fraction of sp³-hybridized carbons (Fsp3) is 0.462. The molecule has 2 heteroatoms. The maximum atomic E-state index is 12.0. The molecule has 0 N–H and O–H groups in total. The second kappa shape index (κ2) is 4.15. The van der Waals surface area contributed by atoms with E-state index in [1.165, 1.54) is 0 Å². The highest BCUT2D eigenvalue weighted by atomic mass is 16.5. The van der Waals surface area contributed by atoms with Crippen LogP contribution in [0.4, 0.5) is 0 Å². The number of aryl methyl sites for hydroxylation is 1. The molecule has 1 fully saturated rings. The summed E-state index contributed by atoms with van der Waals surface area (Å²) in [5.41, 5.74) is 1.96. The van der Waals surface area contributed by atoms with Crippen molar-refractivity contribution in [2.45, 2.75) is 26.4 Å². The molecule has 80 valence electrons. The Kier molecular flexibility index (Phi) is 2.87. The molecule has 0 radical (unpaired) electrons. The zero-order valence-electron chi connectivity index (χ0n) is 9.19. The lowest BCUT2D eigenvalue weighted by Crippen LogP contribution is -2.07. The number of ether oxygens (including phenoxy) is 1. The molecule has 0 saturated heterocycles. The van der Waals surface area contributed by atoms with Gasteiger partial charge in [0.2, 0.25) is 0 Å². The summed E-state index contributed by atoms with van der Waals surface area (Å²) < 4.78 is 5.42. The first-order valence-corrected chi connectivity index (χ1v) is 5.45. The van der Waals surface area contributed by atoms with Gasteiger partial charge in [-0.3, -0.25) is 4.79 Å². The van der Waals surface area contributed by atoms with Crippen LogP contribution in [0.2, 0.25) is 0 Å². The monoisotopic (exact) mass is 204 g/mol. The molecule has 2 nitrogen and oxygen atoms in total. The molecule has 2 unspecified atom stereocenters. The lowest BCUT2D eigenvalue weighted by atomic mass is 10.1. The van der Waals surface area contributed by atoms with Gasteiger partial charge in [0.25, 0.3) is 0 Å². The molecule has 0 spiro atoms. The van der Waals surface area contributed by atoms with E-state index in [0.717, 1.165) is 17.5 Å². The lowest BCUT2D eigenvalue weighted by Gasteiger charge is -2.01. The van der Waals surface area contributed by atoms with Crippen molar-refractivity contribution in [3.8, 4) is 0 Å². The first-order chi connectivity index (χ1) is 7.22. The molecule has 0 amide bonds. The zero-order valence-corrected chi connectivity index (χ0v) is 9.19. The normalized spacial score (nSPS) is 23.9. The van der Waals surface area contributed by atoms with E-state index in [1.807, 2.05) is 38.1 Å². The number of hydrogen-bond acceptors (Lipinski definition) is 2. The van der Waals surface area contributed by atoms with Gasteiger partial charge in [-0.1, -0.05) is 23.8 Å². The summed E-state index contributed by atoms with van der Waals surface area (Å²) >= 11 is 0. The largest absolute Gasteiger partial charge is 0.378 e. The Hall–Kier alpha value is -1.15. The Morgan fingerprint density at radius 1 is 1.53 bits per heavy atom. The van der Waals surface area contributed by atoms with Gasteiger partial charge in [-0.2, -0.15) is 0 Å². The van der Waals surface area contributed by atoms with Gasteiger partial charge in [-0.05, 0) is 26.3 Å². The summed E-state index contributed by atoms with van der Waals surface area (Å²) in [4.78, 5) is 12.0. The van der Waals surface area contributed by atoms with Gasteiger partial charge in [-0.15, -0.1) is 0 Å². The molecule has 0 bridgehead atoms. The first kappa shape index (κ1) is 10.4. The van der Waals surface area contributed by atoms with Crippen molar-refractivity contribution in [2.75, 3.05) is 6.61 Å². The van der Waals surface area contributed by atoms with Gasteiger partial charge in [0.05, 0.1) is 12.0 Å². The molecule has 0 heterocycles. The average molecular weight is 204 g/mol.